The first-order valence-electron chi connectivity index (χ1n) is 8.85. The molecule has 0 aromatic rings. The Labute approximate surface area is 153 Å². The van der Waals surface area contributed by atoms with Gasteiger partial charge < -0.3 is 35.8 Å². The van der Waals surface area contributed by atoms with Crippen LogP contribution in [-0.4, -0.2) is 81.5 Å². The Kier molecular flexibility index (Phi) is 8.42. The van der Waals surface area contributed by atoms with Gasteiger partial charge in [-0.3, -0.25) is 9.59 Å². The molecule has 9 heteroatoms. The Morgan fingerprint density at radius 1 is 1.31 bits per heavy atom. The van der Waals surface area contributed by atoms with Crippen LogP contribution in [0.2, 0.25) is 0 Å². The van der Waals surface area contributed by atoms with Crippen molar-refractivity contribution < 1.29 is 34.8 Å². The standard InChI is InChI=1S/C17H32N2O7/c1-9(2)5-17(4)6-11(22)14(19-13(24)7-18-10(3)21)16(26-17)15(25)12(23)8-20/h9,11-12,14-16,20,22-23,25H,5-8H2,1-4H3,(H,18,21)(H,19,24). The van der Waals surface area contributed by atoms with Gasteiger partial charge in [0.15, 0.2) is 0 Å². The van der Waals surface area contributed by atoms with Crippen LogP contribution in [0.15, 0.2) is 0 Å². The fourth-order valence-electron chi connectivity index (χ4n) is 3.46. The van der Waals surface area contributed by atoms with Crippen molar-refractivity contribution in [1.29, 1.82) is 0 Å². The molecule has 0 aromatic heterocycles. The Morgan fingerprint density at radius 3 is 2.42 bits per heavy atom. The van der Waals surface area contributed by atoms with E-state index in [1.807, 2.05) is 13.8 Å². The predicted molar refractivity (Wildman–Crippen MR) is 93.1 cm³/mol. The minimum absolute atomic E-state index is 0.231. The van der Waals surface area contributed by atoms with Crippen molar-refractivity contribution in [2.75, 3.05) is 13.2 Å². The molecule has 0 saturated carbocycles. The average molecular weight is 376 g/mol. The SMILES string of the molecule is CC(=O)NCC(=O)NC1C(O)CC(C)(CC(C)C)OC1C(O)C(O)CO. The van der Waals surface area contributed by atoms with Crippen molar-refractivity contribution >= 4 is 11.8 Å². The van der Waals surface area contributed by atoms with E-state index in [-0.39, 0.29) is 24.8 Å². The number of ether oxygens (including phenoxy) is 1. The van der Waals surface area contributed by atoms with Gasteiger partial charge in [0.05, 0.1) is 30.9 Å². The number of carbonyl (C=O) groups excluding carboxylic acids is 2. The molecule has 9 nitrogen and oxygen atoms in total. The third-order valence-corrected chi connectivity index (χ3v) is 4.41. The summed E-state index contributed by atoms with van der Waals surface area (Å²) in [5, 5.41) is 44.8. The topological polar surface area (TPSA) is 148 Å². The minimum atomic E-state index is -1.51. The molecule has 6 atom stereocenters. The van der Waals surface area contributed by atoms with E-state index in [0.717, 1.165) is 0 Å². The van der Waals surface area contributed by atoms with Crippen LogP contribution in [0.1, 0.15) is 40.5 Å². The first-order chi connectivity index (χ1) is 12.0. The molecule has 0 bridgehead atoms. The molecule has 1 fully saturated rings. The molecule has 0 radical (unpaired) electrons. The van der Waals surface area contributed by atoms with Gasteiger partial charge in [-0.2, -0.15) is 0 Å². The van der Waals surface area contributed by atoms with Crippen molar-refractivity contribution in [3.05, 3.63) is 0 Å². The molecule has 1 saturated heterocycles. The van der Waals surface area contributed by atoms with Gasteiger partial charge in [0.2, 0.25) is 11.8 Å². The molecule has 152 valence electrons. The molecular formula is C17H32N2O7. The van der Waals surface area contributed by atoms with Crippen LogP contribution in [0, 0.1) is 5.92 Å². The van der Waals surface area contributed by atoms with Crippen LogP contribution in [0.3, 0.4) is 0 Å². The number of rotatable bonds is 8. The second-order valence-electron chi connectivity index (χ2n) is 7.65. The molecule has 2 amide bonds. The van der Waals surface area contributed by atoms with Crippen LogP contribution >= 0.6 is 0 Å². The zero-order valence-electron chi connectivity index (χ0n) is 15.8. The Balaban J connectivity index is 2.97. The summed E-state index contributed by atoms with van der Waals surface area (Å²) in [4.78, 5) is 22.9. The summed E-state index contributed by atoms with van der Waals surface area (Å²) < 4.78 is 6.00. The van der Waals surface area contributed by atoms with Gasteiger partial charge in [0.1, 0.15) is 18.3 Å². The molecule has 0 aromatic carbocycles. The molecular weight excluding hydrogens is 344 g/mol. The fourth-order valence-corrected chi connectivity index (χ4v) is 3.46. The van der Waals surface area contributed by atoms with E-state index in [0.29, 0.717) is 6.42 Å². The molecule has 1 aliphatic rings. The summed E-state index contributed by atoms with van der Waals surface area (Å²) in [6, 6.07) is -0.993. The van der Waals surface area contributed by atoms with E-state index in [4.69, 9.17) is 9.84 Å². The molecule has 1 aliphatic heterocycles. The summed E-state index contributed by atoms with van der Waals surface area (Å²) in [6.07, 6.45) is -4.30. The average Bonchev–Trinajstić information content (AvgIpc) is 2.52. The zero-order valence-corrected chi connectivity index (χ0v) is 15.8. The lowest BCUT2D eigenvalue weighted by molar-refractivity contribution is -0.220. The number of nitrogens with one attached hydrogen (secondary N) is 2. The normalized spacial score (nSPS) is 31.3. The van der Waals surface area contributed by atoms with Gasteiger partial charge >= 0.3 is 0 Å². The van der Waals surface area contributed by atoms with Gasteiger partial charge in [-0.1, -0.05) is 13.8 Å². The van der Waals surface area contributed by atoms with E-state index < -0.39 is 48.6 Å². The Morgan fingerprint density at radius 2 is 1.92 bits per heavy atom. The quantitative estimate of drug-likeness (QED) is 0.295. The lowest BCUT2D eigenvalue weighted by Crippen LogP contribution is -2.65. The predicted octanol–water partition coefficient (Wildman–Crippen LogP) is -1.72. The van der Waals surface area contributed by atoms with E-state index in [9.17, 15) is 24.9 Å². The number of amides is 2. The summed E-state index contributed by atoms with van der Waals surface area (Å²) in [5.41, 5.74) is -0.757. The zero-order chi connectivity index (χ0) is 20.1. The van der Waals surface area contributed by atoms with Gasteiger partial charge in [0, 0.05) is 13.3 Å². The Hall–Kier alpha value is -1.26. The molecule has 0 aliphatic carbocycles. The summed E-state index contributed by atoms with van der Waals surface area (Å²) in [7, 11) is 0. The lowest BCUT2D eigenvalue weighted by Gasteiger charge is -2.48. The number of carbonyl (C=O) groups is 2. The van der Waals surface area contributed by atoms with Gasteiger partial charge in [-0.15, -0.1) is 0 Å². The van der Waals surface area contributed by atoms with E-state index >= 15 is 0 Å². The van der Waals surface area contributed by atoms with Crippen LogP contribution in [0.25, 0.3) is 0 Å². The van der Waals surface area contributed by atoms with Crippen LogP contribution in [0.4, 0.5) is 0 Å². The number of aliphatic hydroxyl groups is 4. The summed E-state index contributed by atoms with van der Waals surface area (Å²) >= 11 is 0. The molecule has 0 spiro atoms. The highest BCUT2D eigenvalue weighted by atomic mass is 16.5. The van der Waals surface area contributed by atoms with Crippen LogP contribution < -0.4 is 10.6 Å². The molecule has 1 rings (SSSR count). The Bertz CT molecular complexity index is 488. The van der Waals surface area contributed by atoms with Gasteiger partial charge in [-0.05, 0) is 19.3 Å². The van der Waals surface area contributed by atoms with Gasteiger partial charge in [-0.25, -0.2) is 0 Å². The van der Waals surface area contributed by atoms with Crippen LogP contribution in [-0.2, 0) is 14.3 Å². The molecule has 1 heterocycles. The van der Waals surface area contributed by atoms with E-state index in [1.54, 1.807) is 6.92 Å². The van der Waals surface area contributed by atoms with Crippen molar-refractivity contribution in [3.63, 3.8) is 0 Å². The maximum absolute atomic E-state index is 12.0. The highest BCUT2D eigenvalue weighted by molar-refractivity contribution is 5.83. The minimum Gasteiger partial charge on any atom is -0.394 e. The third-order valence-electron chi connectivity index (χ3n) is 4.41. The highest BCUT2D eigenvalue weighted by Gasteiger charge is 2.48. The number of aliphatic hydroxyl groups excluding tert-OH is 4. The molecule has 6 unspecified atom stereocenters. The summed E-state index contributed by atoms with van der Waals surface area (Å²) in [5.74, 6) is -0.674. The maximum atomic E-state index is 12.0. The molecule has 26 heavy (non-hydrogen) atoms. The largest absolute Gasteiger partial charge is 0.394 e. The first kappa shape index (κ1) is 22.8. The maximum Gasteiger partial charge on any atom is 0.239 e. The number of hydrogen-bond acceptors (Lipinski definition) is 7. The lowest BCUT2D eigenvalue weighted by atomic mass is 9.80. The summed E-state index contributed by atoms with van der Waals surface area (Å²) in [6.45, 7) is 6.09. The van der Waals surface area contributed by atoms with Crippen molar-refractivity contribution in [2.45, 2.75) is 76.6 Å². The molecule has 6 N–H and O–H groups in total. The van der Waals surface area contributed by atoms with Gasteiger partial charge in [0.25, 0.3) is 0 Å². The van der Waals surface area contributed by atoms with E-state index in [1.165, 1.54) is 6.92 Å². The first-order valence-corrected chi connectivity index (χ1v) is 8.85. The second kappa shape index (κ2) is 9.61. The number of hydrogen-bond donors (Lipinski definition) is 6. The second-order valence-corrected chi connectivity index (χ2v) is 7.65. The monoisotopic (exact) mass is 376 g/mol. The van der Waals surface area contributed by atoms with Crippen molar-refractivity contribution in [3.8, 4) is 0 Å². The smallest absolute Gasteiger partial charge is 0.239 e. The third kappa shape index (κ3) is 6.48. The van der Waals surface area contributed by atoms with Crippen molar-refractivity contribution in [2.24, 2.45) is 5.92 Å². The fraction of sp³-hybridized carbons (Fsp3) is 0.882. The van der Waals surface area contributed by atoms with E-state index in [2.05, 4.69) is 10.6 Å². The van der Waals surface area contributed by atoms with Crippen LogP contribution in [0.5, 0.6) is 0 Å². The highest BCUT2D eigenvalue weighted by Crippen LogP contribution is 2.35. The van der Waals surface area contributed by atoms with Crippen molar-refractivity contribution in [1.82, 2.24) is 10.6 Å².